The first-order valence-electron chi connectivity index (χ1n) is 13.5. The molecule has 7 heteroatoms. The van der Waals surface area contributed by atoms with Crippen LogP contribution in [0.3, 0.4) is 0 Å². The standard InChI is InChI=1S/C34H30F3N3O/c1-4-23-9-13-29(14-10-23)39-33-38-20-27-17-25(12-15-31(27)40-33)30-19-24(11-8-21(30)2)22(3)16-32(41)26-6-5-7-28(18-26)34(35,36)37/h5-15,17-20,22H,4,16H2,1-3H3,(H,38,39,40). The average Bonchev–Trinajstić information content (AvgIpc) is 2.97. The fraction of sp³-hybridized carbons (Fsp3) is 0.206. The van der Waals surface area contributed by atoms with Gasteiger partial charge in [-0.15, -0.1) is 0 Å². The summed E-state index contributed by atoms with van der Waals surface area (Å²) in [5.41, 5.74) is 6.27. The molecule has 1 unspecified atom stereocenters. The van der Waals surface area contributed by atoms with E-state index >= 15 is 0 Å². The number of hydrogen-bond donors (Lipinski definition) is 1. The van der Waals surface area contributed by atoms with E-state index in [1.165, 1.54) is 17.7 Å². The number of carbonyl (C=O) groups excluding carboxylic acids is 1. The Balaban J connectivity index is 1.35. The Labute approximate surface area is 237 Å². The number of carbonyl (C=O) groups is 1. The normalized spacial score (nSPS) is 12.3. The van der Waals surface area contributed by atoms with Gasteiger partial charge < -0.3 is 5.32 Å². The Morgan fingerprint density at radius 2 is 1.73 bits per heavy atom. The highest BCUT2D eigenvalue weighted by molar-refractivity contribution is 5.96. The van der Waals surface area contributed by atoms with Gasteiger partial charge >= 0.3 is 6.18 Å². The molecule has 0 aliphatic carbocycles. The number of anilines is 2. The summed E-state index contributed by atoms with van der Waals surface area (Å²) in [5, 5.41) is 4.15. The molecule has 208 valence electrons. The Morgan fingerprint density at radius 3 is 2.46 bits per heavy atom. The van der Waals surface area contributed by atoms with Gasteiger partial charge in [-0.1, -0.05) is 62.4 Å². The van der Waals surface area contributed by atoms with Crippen LogP contribution in [0, 0.1) is 6.92 Å². The third-order valence-corrected chi connectivity index (χ3v) is 7.34. The molecule has 0 spiro atoms. The van der Waals surface area contributed by atoms with Crippen LogP contribution in [0.25, 0.3) is 22.0 Å². The molecule has 0 aliphatic rings. The van der Waals surface area contributed by atoms with Crippen molar-refractivity contribution in [3.8, 4) is 11.1 Å². The first kappa shape index (κ1) is 28.0. The van der Waals surface area contributed by atoms with Crippen molar-refractivity contribution < 1.29 is 18.0 Å². The lowest BCUT2D eigenvalue weighted by atomic mass is 9.89. The molecule has 5 rings (SSSR count). The van der Waals surface area contributed by atoms with Crippen molar-refractivity contribution in [1.29, 1.82) is 0 Å². The first-order valence-corrected chi connectivity index (χ1v) is 13.5. The summed E-state index contributed by atoms with van der Waals surface area (Å²) in [7, 11) is 0. The van der Waals surface area contributed by atoms with Crippen molar-refractivity contribution in [2.75, 3.05) is 5.32 Å². The van der Waals surface area contributed by atoms with Crippen LogP contribution in [0.15, 0.2) is 91.1 Å². The summed E-state index contributed by atoms with van der Waals surface area (Å²) < 4.78 is 39.3. The number of halogens is 3. The fourth-order valence-electron chi connectivity index (χ4n) is 4.85. The Kier molecular flexibility index (Phi) is 7.88. The molecule has 0 saturated carbocycles. The van der Waals surface area contributed by atoms with Crippen molar-refractivity contribution in [2.45, 2.75) is 45.7 Å². The van der Waals surface area contributed by atoms with Crippen LogP contribution in [0.2, 0.25) is 0 Å². The molecule has 1 aromatic heterocycles. The molecule has 0 bridgehead atoms. The van der Waals surface area contributed by atoms with Gasteiger partial charge in [-0.2, -0.15) is 13.2 Å². The molecular formula is C34H30F3N3O. The molecule has 41 heavy (non-hydrogen) atoms. The molecule has 4 aromatic carbocycles. The van der Waals surface area contributed by atoms with E-state index in [9.17, 15) is 18.0 Å². The summed E-state index contributed by atoms with van der Waals surface area (Å²) in [6.45, 7) is 6.06. The van der Waals surface area contributed by atoms with E-state index in [1.54, 1.807) is 6.20 Å². The molecule has 1 heterocycles. The zero-order valence-corrected chi connectivity index (χ0v) is 23.1. The number of rotatable bonds is 8. The summed E-state index contributed by atoms with van der Waals surface area (Å²) in [4.78, 5) is 22.0. The van der Waals surface area contributed by atoms with Crippen molar-refractivity contribution in [1.82, 2.24) is 9.97 Å². The number of aromatic nitrogens is 2. The Bertz CT molecular complexity index is 1710. The number of ketones is 1. The Hall–Kier alpha value is -4.52. The highest BCUT2D eigenvalue weighted by Gasteiger charge is 2.31. The van der Waals surface area contributed by atoms with Crippen molar-refractivity contribution in [3.63, 3.8) is 0 Å². The number of alkyl halides is 3. The number of nitrogens with zero attached hydrogens (tertiary/aromatic N) is 2. The second-order valence-electron chi connectivity index (χ2n) is 10.3. The lowest BCUT2D eigenvalue weighted by Crippen LogP contribution is -2.09. The predicted octanol–water partition coefficient (Wildman–Crippen LogP) is 9.31. The van der Waals surface area contributed by atoms with Crippen LogP contribution in [0.5, 0.6) is 0 Å². The van der Waals surface area contributed by atoms with Gasteiger partial charge in [-0.3, -0.25) is 4.79 Å². The summed E-state index contributed by atoms with van der Waals surface area (Å²) in [6, 6.07) is 24.8. The predicted molar refractivity (Wildman–Crippen MR) is 158 cm³/mol. The topological polar surface area (TPSA) is 54.9 Å². The van der Waals surface area contributed by atoms with Crippen LogP contribution in [-0.2, 0) is 12.6 Å². The number of aryl methyl sites for hydroxylation is 2. The maximum atomic E-state index is 13.1. The second kappa shape index (κ2) is 11.5. The Morgan fingerprint density at radius 1 is 0.951 bits per heavy atom. The zero-order valence-electron chi connectivity index (χ0n) is 23.1. The molecule has 0 aliphatic heterocycles. The van der Waals surface area contributed by atoms with E-state index in [0.717, 1.165) is 57.4 Å². The van der Waals surface area contributed by atoms with Crippen LogP contribution >= 0.6 is 0 Å². The molecule has 5 aromatic rings. The number of Topliss-reactive ketones (excluding diaryl/α,β-unsaturated/α-hetero) is 1. The van der Waals surface area contributed by atoms with E-state index in [1.807, 2.05) is 56.3 Å². The monoisotopic (exact) mass is 553 g/mol. The molecule has 1 atom stereocenters. The van der Waals surface area contributed by atoms with Crippen molar-refractivity contribution in [2.24, 2.45) is 0 Å². The highest BCUT2D eigenvalue weighted by Crippen LogP contribution is 2.33. The minimum absolute atomic E-state index is 0.0698. The van der Waals surface area contributed by atoms with Crippen molar-refractivity contribution in [3.05, 3.63) is 119 Å². The van der Waals surface area contributed by atoms with E-state index in [-0.39, 0.29) is 23.7 Å². The lowest BCUT2D eigenvalue weighted by molar-refractivity contribution is -0.137. The average molecular weight is 554 g/mol. The quantitative estimate of drug-likeness (QED) is 0.195. The van der Waals surface area contributed by atoms with Crippen LogP contribution in [0.4, 0.5) is 24.8 Å². The van der Waals surface area contributed by atoms with Gasteiger partial charge in [0.05, 0.1) is 11.1 Å². The van der Waals surface area contributed by atoms with Crippen molar-refractivity contribution >= 4 is 28.3 Å². The number of fused-ring (bicyclic) bond motifs is 1. The van der Waals surface area contributed by atoms with Crippen LogP contribution in [0.1, 0.15) is 58.8 Å². The van der Waals surface area contributed by atoms with Gasteiger partial charge in [0, 0.05) is 29.3 Å². The van der Waals surface area contributed by atoms with Gasteiger partial charge in [0.2, 0.25) is 5.95 Å². The molecule has 0 saturated heterocycles. The smallest absolute Gasteiger partial charge is 0.324 e. The van der Waals surface area contributed by atoms with E-state index in [0.29, 0.717) is 5.95 Å². The lowest BCUT2D eigenvalue weighted by Gasteiger charge is -2.16. The SMILES string of the molecule is CCc1ccc(Nc2ncc3cc(-c4cc(C(C)CC(=O)c5cccc(C(F)(F)F)c5)ccc4C)ccc3n2)cc1. The third-order valence-electron chi connectivity index (χ3n) is 7.34. The van der Waals surface area contributed by atoms with Gasteiger partial charge in [0.25, 0.3) is 0 Å². The number of hydrogen-bond acceptors (Lipinski definition) is 4. The van der Waals surface area contributed by atoms with Gasteiger partial charge in [-0.25, -0.2) is 9.97 Å². The zero-order chi connectivity index (χ0) is 29.1. The van der Waals surface area contributed by atoms with E-state index in [4.69, 9.17) is 0 Å². The van der Waals surface area contributed by atoms with Crippen LogP contribution < -0.4 is 5.32 Å². The number of nitrogens with one attached hydrogen (secondary N) is 1. The minimum atomic E-state index is -4.49. The molecule has 4 nitrogen and oxygen atoms in total. The molecule has 0 fully saturated rings. The largest absolute Gasteiger partial charge is 0.416 e. The number of benzene rings is 4. The molecule has 0 radical (unpaired) electrons. The molecular weight excluding hydrogens is 523 g/mol. The van der Waals surface area contributed by atoms with E-state index in [2.05, 4.69) is 40.4 Å². The van der Waals surface area contributed by atoms with Gasteiger partial charge in [-0.05, 0) is 83.5 Å². The molecule has 1 N–H and O–H groups in total. The maximum Gasteiger partial charge on any atom is 0.416 e. The highest BCUT2D eigenvalue weighted by atomic mass is 19.4. The van der Waals surface area contributed by atoms with E-state index < -0.39 is 11.7 Å². The van der Waals surface area contributed by atoms with Gasteiger partial charge in [0.1, 0.15) is 0 Å². The minimum Gasteiger partial charge on any atom is -0.324 e. The summed E-state index contributed by atoms with van der Waals surface area (Å²) in [5.74, 6) is 0.0199. The van der Waals surface area contributed by atoms with Crippen LogP contribution in [-0.4, -0.2) is 15.8 Å². The molecule has 0 amide bonds. The van der Waals surface area contributed by atoms with Gasteiger partial charge in [0.15, 0.2) is 5.78 Å². The fourth-order valence-corrected chi connectivity index (χ4v) is 4.85. The summed E-state index contributed by atoms with van der Waals surface area (Å²) >= 11 is 0. The maximum absolute atomic E-state index is 13.1. The second-order valence-corrected chi connectivity index (χ2v) is 10.3. The third kappa shape index (κ3) is 6.46. The summed E-state index contributed by atoms with van der Waals surface area (Å²) in [6.07, 6.45) is -1.61. The first-order chi connectivity index (χ1) is 19.6.